The third-order valence-corrected chi connectivity index (χ3v) is 0.789. The number of rotatable bonds is 2. The van der Waals surface area contributed by atoms with Gasteiger partial charge in [0, 0.05) is 5.75 Å². The second-order valence-corrected chi connectivity index (χ2v) is 1.60. The van der Waals surface area contributed by atoms with Crippen LogP contribution < -0.4 is 0 Å². The zero-order chi connectivity index (χ0) is 4.12. The largest absolute Gasteiger partial charge is 0.161 e. The average molecular weight is 87.2 g/mol. The molecule has 0 fully saturated rings. The highest BCUT2D eigenvalue weighted by molar-refractivity contribution is 7.98. The van der Waals surface area contributed by atoms with Crippen LogP contribution >= 0.6 is 11.8 Å². The van der Waals surface area contributed by atoms with Gasteiger partial charge < -0.3 is 0 Å². The SMILES string of the molecule is [CH]=CCSC. The fourth-order valence-corrected chi connectivity index (χ4v) is 0.289. The summed E-state index contributed by atoms with van der Waals surface area (Å²) in [4.78, 5) is 0. The van der Waals surface area contributed by atoms with Gasteiger partial charge in [-0.25, -0.2) is 0 Å². The Kier molecular flexibility index (Phi) is 4.16. The zero-order valence-corrected chi connectivity index (χ0v) is 4.09. The lowest BCUT2D eigenvalue weighted by Gasteiger charge is -1.73. The molecule has 0 saturated heterocycles. The van der Waals surface area contributed by atoms with Crippen molar-refractivity contribution in [1.29, 1.82) is 0 Å². The summed E-state index contributed by atoms with van der Waals surface area (Å²) in [5.41, 5.74) is 0. The molecular weight excluding hydrogens is 80.1 g/mol. The molecule has 0 aromatic carbocycles. The van der Waals surface area contributed by atoms with E-state index in [1.165, 1.54) is 0 Å². The maximum Gasteiger partial charge on any atom is 0.0113 e. The summed E-state index contributed by atoms with van der Waals surface area (Å²) in [7, 11) is 0. The third kappa shape index (κ3) is 4.09. The monoisotopic (exact) mass is 87.0 g/mol. The Bertz CT molecular complexity index is 24.8. The standard InChI is InChI=1S/C4H7S/c1-3-4-5-2/h1,3H,4H2,2H3. The molecule has 0 N–H and O–H groups in total. The minimum absolute atomic E-state index is 0.958. The minimum atomic E-state index is 0.958. The first-order chi connectivity index (χ1) is 2.41. The Morgan fingerprint density at radius 3 is 2.60 bits per heavy atom. The van der Waals surface area contributed by atoms with Gasteiger partial charge in [-0.15, -0.1) is 0 Å². The van der Waals surface area contributed by atoms with E-state index in [9.17, 15) is 0 Å². The van der Waals surface area contributed by atoms with E-state index >= 15 is 0 Å². The average Bonchev–Trinajstić information content (AvgIpc) is 1.41. The predicted molar refractivity (Wildman–Crippen MR) is 27.3 cm³/mol. The summed E-state index contributed by atoms with van der Waals surface area (Å²) >= 11 is 1.72. The first-order valence-corrected chi connectivity index (χ1v) is 2.83. The van der Waals surface area contributed by atoms with Crippen LogP contribution in [-0.2, 0) is 0 Å². The van der Waals surface area contributed by atoms with E-state index in [0.29, 0.717) is 0 Å². The van der Waals surface area contributed by atoms with Crippen LogP contribution in [0.4, 0.5) is 0 Å². The van der Waals surface area contributed by atoms with E-state index in [4.69, 9.17) is 6.58 Å². The van der Waals surface area contributed by atoms with Crippen LogP contribution in [0.3, 0.4) is 0 Å². The highest BCUT2D eigenvalue weighted by atomic mass is 32.2. The van der Waals surface area contributed by atoms with E-state index in [1.54, 1.807) is 17.8 Å². The molecule has 0 aliphatic heterocycles. The summed E-state index contributed by atoms with van der Waals surface area (Å²) in [5, 5.41) is 0. The van der Waals surface area contributed by atoms with Crippen molar-refractivity contribution < 1.29 is 0 Å². The van der Waals surface area contributed by atoms with Crippen LogP contribution in [-0.4, -0.2) is 12.0 Å². The summed E-state index contributed by atoms with van der Waals surface area (Å²) in [6, 6.07) is 0. The van der Waals surface area contributed by atoms with Gasteiger partial charge in [0.2, 0.25) is 0 Å². The van der Waals surface area contributed by atoms with Crippen LogP contribution in [0.15, 0.2) is 6.08 Å². The van der Waals surface area contributed by atoms with Crippen molar-refractivity contribution in [3.05, 3.63) is 12.7 Å². The molecule has 0 rings (SSSR count). The fourth-order valence-electron chi connectivity index (χ4n) is 0.0962. The molecule has 29 valence electrons. The first-order valence-electron chi connectivity index (χ1n) is 1.44. The lowest BCUT2D eigenvalue weighted by Crippen LogP contribution is -1.57. The smallest absolute Gasteiger partial charge is 0.0113 e. The zero-order valence-electron chi connectivity index (χ0n) is 3.27. The Morgan fingerprint density at radius 2 is 2.60 bits per heavy atom. The van der Waals surface area contributed by atoms with Gasteiger partial charge in [0.15, 0.2) is 0 Å². The van der Waals surface area contributed by atoms with E-state index in [0.717, 1.165) is 5.75 Å². The highest BCUT2D eigenvalue weighted by Crippen LogP contribution is 1.87. The fraction of sp³-hybridized carbons (Fsp3) is 0.500. The molecule has 1 radical (unpaired) electrons. The Hall–Kier alpha value is 0.0900. The molecule has 0 saturated carbocycles. The van der Waals surface area contributed by atoms with Gasteiger partial charge in [0.1, 0.15) is 0 Å². The van der Waals surface area contributed by atoms with Crippen molar-refractivity contribution in [3.8, 4) is 0 Å². The van der Waals surface area contributed by atoms with E-state index < -0.39 is 0 Å². The van der Waals surface area contributed by atoms with Gasteiger partial charge >= 0.3 is 0 Å². The van der Waals surface area contributed by atoms with Gasteiger partial charge in [-0.05, 0) is 6.26 Å². The van der Waals surface area contributed by atoms with Crippen LogP contribution in [0.1, 0.15) is 0 Å². The third-order valence-electron chi connectivity index (χ3n) is 0.263. The number of hydrogen-bond acceptors (Lipinski definition) is 1. The van der Waals surface area contributed by atoms with Gasteiger partial charge in [0.05, 0.1) is 0 Å². The van der Waals surface area contributed by atoms with Crippen molar-refractivity contribution in [1.82, 2.24) is 0 Å². The summed E-state index contributed by atoms with van der Waals surface area (Å²) < 4.78 is 0. The van der Waals surface area contributed by atoms with Crippen LogP contribution in [0.25, 0.3) is 0 Å². The normalized spacial score (nSPS) is 7.40. The molecule has 0 amide bonds. The molecule has 0 bridgehead atoms. The molecule has 1 heteroatoms. The Morgan fingerprint density at radius 1 is 2.00 bits per heavy atom. The van der Waals surface area contributed by atoms with Crippen LogP contribution in [0.2, 0.25) is 0 Å². The van der Waals surface area contributed by atoms with Gasteiger partial charge in [-0.3, -0.25) is 0 Å². The van der Waals surface area contributed by atoms with Crippen molar-refractivity contribution in [2.75, 3.05) is 12.0 Å². The topological polar surface area (TPSA) is 0 Å². The maximum absolute atomic E-state index is 4.99. The molecule has 0 aliphatic carbocycles. The molecule has 5 heavy (non-hydrogen) atoms. The first kappa shape index (κ1) is 5.09. The van der Waals surface area contributed by atoms with Crippen molar-refractivity contribution >= 4 is 11.8 Å². The van der Waals surface area contributed by atoms with E-state index in [2.05, 4.69) is 0 Å². The Balaban J connectivity index is 2.40. The van der Waals surface area contributed by atoms with E-state index in [-0.39, 0.29) is 0 Å². The van der Waals surface area contributed by atoms with Crippen LogP contribution in [0, 0.1) is 6.58 Å². The lowest BCUT2D eigenvalue weighted by atomic mass is 10.8. The molecule has 0 aromatic heterocycles. The van der Waals surface area contributed by atoms with Gasteiger partial charge in [-0.1, -0.05) is 12.7 Å². The maximum atomic E-state index is 4.99. The van der Waals surface area contributed by atoms with Gasteiger partial charge in [0.25, 0.3) is 0 Å². The molecule has 0 aromatic rings. The van der Waals surface area contributed by atoms with Crippen molar-refractivity contribution in [2.24, 2.45) is 0 Å². The second-order valence-electron chi connectivity index (χ2n) is 0.691. The molecular formula is C4H7S. The summed E-state index contributed by atoms with van der Waals surface area (Å²) in [6.07, 6.45) is 3.66. The number of thioether (sulfide) groups is 1. The predicted octanol–water partition coefficient (Wildman–Crippen LogP) is 1.34. The quantitative estimate of drug-likeness (QED) is 0.489. The number of hydrogen-bond donors (Lipinski definition) is 0. The molecule has 0 atom stereocenters. The van der Waals surface area contributed by atoms with Crippen LogP contribution in [0.5, 0.6) is 0 Å². The molecule has 0 unspecified atom stereocenters. The summed E-state index contributed by atoms with van der Waals surface area (Å²) in [5.74, 6) is 0.958. The molecule has 0 spiro atoms. The summed E-state index contributed by atoms with van der Waals surface area (Å²) in [6.45, 7) is 4.99. The van der Waals surface area contributed by atoms with Crippen molar-refractivity contribution in [2.45, 2.75) is 0 Å². The van der Waals surface area contributed by atoms with E-state index in [1.807, 2.05) is 6.26 Å². The second kappa shape index (κ2) is 4.09. The molecule has 0 heterocycles. The van der Waals surface area contributed by atoms with Gasteiger partial charge in [-0.2, -0.15) is 11.8 Å². The highest BCUT2D eigenvalue weighted by Gasteiger charge is 1.61. The Labute approximate surface area is 37.3 Å². The molecule has 0 nitrogen and oxygen atoms in total. The minimum Gasteiger partial charge on any atom is -0.161 e. The lowest BCUT2D eigenvalue weighted by molar-refractivity contribution is 1.81. The molecule has 0 aliphatic rings. The van der Waals surface area contributed by atoms with Crippen molar-refractivity contribution in [3.63, 3.8) is 0 Å².